The number of Topliss-reactive ketones (excluding diaryl/α,β-unsaturated/α-hetero) is 1. The van der Waals surface area contributed by atoms with E-state index >= 15 is 0 Å². The number of hydrogen-bond acceptors (Lipinski definition) is 6. The molecule has 0 amide bonds. The van der Waals surface area contributed by atoms with Crippen LogP contribution < -0.4 is 0 Å². The van der Waals surface area contributed by atoms with Crippen LogP contribution in [0.2, 0.25) is 0 Å². The SMILES string of the molecule is CCc1ccc(C(=O)COC(=O)c2cccc([N+](=O)[O-])c2C)s1. The molecule has 0 aliphatic heterocycles. The van der Waals surface area contributed by atoms with E-state index in [0.29, 0.717) is 4.88 Å². The molecule has 23 heavy (non-hydrogen) atoms. The Morgan fingerprint density at radius 1 is 1.26 bits per heavy atom. The Morgan fingerprint density at radius 2 is 2.00 bits per heavy atom. The van der Waals surface area contributed by atoms with Gasteiger partial charge < -0.3 is 4.74 Å². The average Bonchev–Trinajstić information content (AvgIpc) is 3.01. The summed E-state index contributed by atoms with van der Waals surface area (Å²) in [6.45, 7) is 3.08. The van der Waals surface area contributed by atoms with Crippen molar-refractivity contribution in [3.63, 3.8) is 0 Å². The predicted molar refractivity (Wildman–Crippen MR) is 86.1 cm³/mol. The number of thiophene rings is 1. The average molecular weight is 333 g/mol. The monoisotopic (exact) mass is 333 g/mol. The Bertz CT molecular complexity index is 766. The van der Waals surface area contributed by atoms with Gasteiger partial charge in [0, 0.05) is 16.5 Å². The first-order valence-electron chi connectivity index (χ1n) is 6.97. The van der Waals surface area contributed by atoms with Crippen LogP contribution in [0.25, 0.3) is 0 Å². The van der Waals surface area contributed by atoms with Crippen LogP contribution in [0.4, 0.5) is 5.69 Å². The van der Waals surface area contributed by atoms with Gasteiger partial charge in [-0.2, -0.15) is 0 Å². The van der Waals surface area contributed by atoms with E-state index in [2.05, 4.69) is 0 Å². The minimum absolute atomic E-state index is 0.0902. The summed E-state index contributed by atoms with van der Waals surface area (Å²) >= 11 is 1.37. The summed E-state index contributed by atoms with van der Waals surface area (Å²) in [5.41, 5.74) is 0.156. The number of nitro benzene ring substituents is 1. The van der Waals surface area contributed by atoms with Crippen molar-refractivity contribution in [1.29, 1.82) is 0 Å². The summed E-state index contributed by atoms with van der Waals surface area (Å²) in [6.07, 6.45) is 0.838. The predicted octanol–water partition coefficient (Wildman–Crippen LogP) is 3.57. The van der Waals surface area contributed by atoms with Crippen molar-refractivity contribution in [2.45, 2.75) is 20.3 Å². The fourth-order valence-electron chi connectivity index (χ4n) is 2.04. The second kappa shape index (κ2) is 7.15. The molecule has 2 aromatic rings. The van der Waals surface area contributed by atoms with Gasteiger partial charge in [-0.15, -0.1) is 11.3 Å². The van der Waals surface area contributed by atoms with Crippen LogP contribution in [0, 0.1) is 17.0 Å². The number of benzene rings is 1. The number of nitro groups is 1. The third kappa shape index (κ3) is 3.81. The van der Waals surface area contributed by atoms with Gasteiger partial charge in [-0.05, 0) is 31.5 Å². The summed E-state index contributed by atoms with van der Waals surface area (Å²) in [4.78, 5) is 36.0. The Balaban J connectivity index is 2.06. The molecule has 0 unspecified atom stereocenters. The van der Waals surface area contributed by atoms with Crippen molar-refractivity contribution in [3.05, 3.63) is 61.3 Å². The lowest BCUT2D eigenvalue weighted by Crippen LogP contribution is -2.14. The van der Waals surface area contributed by atoms with Gasteiger partial charge in [0.1, 0.15) is 0 Å². The Kier molecular flexibility index (Phi) is 5.23. The van der Waals surface area contributed by atoms with Crippen molar-refractivity contribution in [1.82, 2.24) is 0 Å². The van der Waals surface area contributed by atoms with E-state index in [1.165, 1.54) is 36.5 Å². The maximum absolute atomic E-state index is 12.0. The summed E-state index contributed by atoms with van der Waals surface area (Å²) < 4.78 is 5.00. The highest BCUT2D eigenvalue weighted by molar-refractivity contribution is 7.14. The summed E-state index contributed by atoms with van der Waals surface area (Å²) in [5, 5.41) is 10.9. The van der Waals surface area contributed by atoms with Crippen LogP contribution in [0.3, 0.4) is 0 Å². The van der Waals surface area contributed by atoms with E-state index in [0.717, 1.165) is 11.3 Å². The second-order valence-corrected chi connectivity index (χ2v) is 5.99. The van der Waals surface area contributed by atoms with Crippen molar-refractivity contribution < 1.29 is 19.2 Å². The summed E-state index contributed by atoms with van der Waals surface area (Å²) in [6, 6.07) is 7.74. The summed E-state index contributed by atoms with van der Waals surface area (Å²) in [5.74, 6) is -1.03. The van der Waals surface area contributed by atoms with Crippen LogP contribution in [0.5, 0.6) is 0 Å². The van der Waals surface area contributed by atoms with E-state index in [-0.39, 0.29) is 29.2 Å². The van der Waals surface area contributed by atoms with Gasteiger partial charge in [-0.25, -0.2) is 4.79 Å². The molecule has 1 aromatic carbocycles. The molecular formula is C16H15NO5S. The molecule has 1 aromatic heterocycles. The fourth-order valence-corrected chi connectivity index (χ4v) is 2.91. The highest BCUT2D eigenvalue weighted by atomic mass is 32.1. The van der Waals surface area contributed by atoms with Gasteiger partial charge >= 0.3 is 5.97 Å². The Hall–Kier alpha value is -2.54. The van der Waals surface area contributed by atoms with Crippen molar-refractivity contribution in [2.75, 3.05) is 6.61 Å². The molecular weight excluding hydrogens is 318 g/mol. The maximum Gasteiger partial charge on any atom is 0.339 e. The zero-order valence-corrected chi connectivity index (χ0v) is 13.5. The van der Waals surface area contributed by atoms with Crippen molar-refractivity contribution >= 4 is 28.8 Å². The van der Waals surface area contributed by atoms with Gasteiger partial charge in [0.25, 0.3) is 5.69 Å². The first kappa shape index (κ1) is 16.8. The van der Waals surface area contributed by atoms with E-state index in [9.17, 15) is 19.7 Å². The number of carbonyl (C=O) groups excluding carboxylic acids is 2. The van der Waals surface area contributed by atoms with E-state index < -0.39 is 10.9 Å². The minimum atomic E-state index is -0.744. The number of esters is 1. The molecule has 0 saturated heterocycles. The molecule has 0 radical (unpaired) electrons. The van der Waals surface area contributed by atoms with E-state index in [4.69, 9.17) is 4.74 Å². The first-order chi connectivity index (χ1) is 10.9. The minimum Gasteiger partial charge on any atom is -0.454 e. The Labute approximate surface area is 136 Å². The quantitative estimate of drug-likeness (QED) is 0.349. The molecule has 0 N–H and O–H groups in total. The van der Waals surface area contributed by atoms with E-state index in [1.807, 2.05) is 13.0 Å². The number of nitrogens with zero attached hydrogens (tertiary/aromatic N) is 1. The number of aryl methyl sites for hydroxylation is 1. The van der Waals surface area contributed by atoms with Crippen LogP contribution >= 0.6 is 11.3 Å². The van der Waals surface area contributed by atoms with Crippen molar-refractivity contribution in [3.8, 4) is 0 Å². The maximum atomic E-state index is 12.0. The highest BCUT2D eigenvalue weighted by Crippen LogP contribution is 2.22. The van der Waals surface area contributed by atoms with E-state index in [1.54, 1.807) is 6.07 Å². The van der Waals surface area contributed by atoms with Crippen LogP contribution in [0.1, 0.15) is 37.4 Å². The molecule has 2 rings (SSSR count). The molecule has 7 heteroatoms. The number of rotatable bonds is 6. The lowest BCUT2D eigenvalue weighted by molar-refractivity contribution is -0.385. The molecule has 0 saturated carbocycles. The Morgan fingerprint density at radius 3 is 2.61 bits per heavy atom. The lowest BCUT2D eigenvalue weighted by Gasteiger charge is -2.06. The largest absolute Gasteiger partial charge is 0.454 e. The zero-order valence-electron chi connectivity index (χ0n) is 12.7. The first-order valence-corrected chi connectivity index (χ1v) is 7.78. The van der Waals surface area contributed by atoms with Gasteiger partial charge in [-0.3, -0.25) is 14.9 Å². The molecule has 120 valence electrons. The van der Waals surface area contributed by atoms with Gasteiger partial charge in [0.2, 0.25) is 5.78 Å². The van der Waals surface area contributed by atoms with Gasteiger partial charge in [0.05, 0.1) is 15.4 Å². The molecule has 0 fully saturated rings. The third-order valence-electron chi connectivity index (χ3n) is 3.34. The normalized spacial score (nSPS) is 10.3. The van der Waals surface area contributed by atoms with Gasteiger partial charge in [-0.1, -0.05) is 13.0 Å². The molecule has 0 spiro atoms. The number of ketones is 1. The molecule has 0 aliphatic rings. The zero-order chi connectivity index (χ0) is 17.0. The smallest absolute Gasteiger partial charge is 0.339 e. The fraction of sp³-hybridized carbons (Fsp3) is 0.250. The second-order valence-electron chi connectivity index (χ2n) is 4.83. The molecule has 6 nitrogen and oxygen atoms in total. The summed E-state index contributed by atoms with van der Waals surface area (Å²) in [7, 11) is 0. The van der Waals surface area contributed by atoms with Crippen LogP contribution in [0.15, 0.2) is 30.3 Å². The van der Waals surface area contributed by atoms with Crippen LogP contribution in [-0.4, -0.2) is 23.3 Å². The van der Waals surface area contributed by atoms with Gasteiger partial charge in [0.15, 0.2) is 6.61 Å². The molecule has 0 atom stereocenters. The third-order valence-corrected chi connectivity index (χ3v) is 4.61. The number of carbonyl (C=O) groups is 2. The molecule has 0 aliphatic carbocycles. The standard InChI is InChI=1S/C16H15NO5S/c1-3-11-7-8-15(23-11)14(18)9-22-16(19)12-5-4-6-13(10(12)2)17(20)21/h4-8H,3,9H2,1-2H3. The molecule has 1 heterocycles. The number of hydrogen-bond donors (Lipinski definition) is 0. The number of ether oxygens (including phenoxy) is 1. The van der Waals surface area contributed by atoms with Crippen LogP contribution in [-0.2, 0) is 11.2 Å². The highest BCUT2D eigenvalue weighted by Gasteiger charge is 2.20. The topological polar surface area (TPSA) is 86.5 Å². The van der Waals surface area contributed by atoms with Crippen molar-refractivity contribution in [2.24, 2.45) is 0 Å². The lowest BCUT2D eigenvalue weighted by atomic mass is 10.1. The molecule has 0 bridgehead atoms.